The van der Waals surface area contributed by atoms with E-state index in [-0.39, 0.29) is 0 Å². The van der Waals surface area contributed by atoms with E-state index in [4.69, 9.17) is 16.7 Å². The van der Waals surface area contributed by atoms with Gasteiger partial charge in [-0.3, -0.25) is 4.98 Å². The highest BCUT2D eigenvalue weighted by atomic mass is 35.5. The maximum atomic E-state index is 8.22. The van der Waals surface area contributed by atoms with Gasteiger partial charge in [0.05, 0.1) is 18.2 Å². The van der Waals surface area contributed by atoms with Crippen molar-refractivity contribution in [2.45, 2.75) is 46.5 Å². The lowest BCUT2D eigenvalue weighted by atomic mass is 9.78. The minimum Gasteiger partial charge on any atom is -0.513 e. The normalized spacial score (nSPS) is 18.5. The molecule has 2 fully saturated rings. The molecule has 1 N–H and O–H groups in total. The maximum absolute atomic E-state index is 8.22. The summed E-state index contributed by atoms with van der Waals surface area (Å²) in [5, 5.41) is 8.70. The summed E-state index contributed by atoms with van der Waals surface area (Å²) in [4.78, 5) is 13.5. The minimum absolute atomic E-state index is 0.380. The van der Waals surface area contributed by atoms with Gasteiger partial charge in [0.2, 0.25) is 0 Å². The van der Waals surface area contributed by atoms with Crippen molar-refractivity contribution in [1.82, 2.24) is 9.97 Å². The number of rotatable bonds is 3. The van der Waals surface area contributed by atoms with E-state index in [1.807, 2.05) is 6.20 Å². The van der Waals surface area contributed by atoms with Gasteiger partial charge in [-0.25, -0.2) is 4.98 Å². The molecule has 0 aliphatic carbocycles. The van der Waals surface area contributed by atoms with Crippen LogP contribution in [0.4, 0.5) is 11.5 Å². The van der Waals surface area contributed by atoms with Gasteiger partial charge in [0.15, 0.2) is 0 Å². The predicted octanol–water partition coefficient (Wildman–Crippen LogP) is 6.04. The summed E-state index contributed by atoms with van der Waals surface area (Å²) < 4.78 is 0. The van der Waals surface area contributed by atoms with Crippen LogP contribution in [-0.2, 0) is 0 Å². The fraction of sp³-hybridized carbons (Fsp3) is 0.520. The molecular formula is C25H35ClN4O. The Hall–Kier alpha value is -2.27. The van der Waals surface area contributed by atoms with Crippen molar-refractivity contribution < 1.29 is 5.11 Å². The lowest BCUT2D eigenvalue weighted by Gasteiger charge is -2.41. The fourth-order valence-corrected chi connectivity index (χ4v) is 4.61. The highest BCUT2D eigenvalue weighted by Gasteiger charge is 2.30. The molecule has 0 atom stereocenters. The average molecular weight is 443 g/mol. The number of anilines is 2. The molecule has 2 aliphatic rings. The number of halogens is 1. The van der Waals surface area contributed by atoms with Crippen LogP contribution in [0.3, 0.4) is 0 Å². The molecule has 5 nitrogen and oxygen atoms in total. The topological polar surface area (TPSA) is 52.5 Å². The molecule has 2 aliphatic heterocycles. The highest BCUT2D eigenvalue weighted by Crippen LogP contribution is 2.34. The van der Waals surface area contributed by atoms with Crippen LogP contribution < -0.4 is 9.80 Å². The molecule has 2 aromatic rings. The monoisotopic (exact) mass is 442 g/mol. The van der Waals surface area contributed by atoms with E-state index in [1.165, 1.54) is 50.0 Å². The lowest BCUT2D eigenvalue weighted by molar-refractivity contribution is 0.233. The molecule has 31 heavy (non-hydrogen) atoms. The second kappa shape index (κ2) is 11.4. The summed E-state index contributed by atoms with van der Waals surface area (Å²) in [7, 11) is 0. The molecule has 168 valence electrons. The van der Waals surface area contributed by atoms with E-state index in [0.717, 1.165) is 30.7 Å². The molecule has 3 heterocycles. The zero-order valence-corrected chi connectivity index (χ0v) is 19.7. The second-order valence-electron chi connectivity index (χ2n) is 8.61. The predicted molar refractivity (Wildman–Crippen MR) is 130 cm³/mol. The van der Waals surface area contributed by atoms with Gasteiger partial charge in [0, 0.05) is 31.9 Å². The zero-order valence-electron chi connectivity index (χ0n) is 19.0. The summed E-state index contributed by atoms with van der Waals surface area (Å²) in [5.41, 5.74) is 2.71. The number of aromatic nitrogens is 2. The Labute approximate surface area is 191 Å². The molecule has 0 spiro atoms. The van der Waals surface area contributed by atoms with Crippen LogP contribution in [0.2, 0.25) is 5.15 Å². The molecule has 1 aromatic carbocycles. The number of allylic oxidation sites excluding steroid dienone is 2. The average Bonchev–Trinajstić information content (AvgIpc) is 2.80. The first kappa shape index (κ1) is 23.4. The molecule has 1 aromatic heterocycles. The van der Waals surface area contributed by atoms with E-state index < -0.39 is 0 Å². The van der Waals surface area contributed by atoms with Gasteiger partial charge >= 0.3 is 0 Å². The van der Waals surface area contributed by atoms with Crippen LogP contribution >= 0.6 is 11.6 Å². The number of piperidine rings is 2. The van der Waals surface area contributed by atoms with Crippen molar-refractivity contribution in [2.24, 2.45) is 11.8 Å². The summed E-state index contributed by atoms with van der Waals surface area (Å²) in [6.45, 7) is 10.1. The summed E-state index contributed by atoms with van der Waals surface area (Å²) in [6.07, 6.45) is 10.2. The SMILES string of the molecule is C/C=C(\C)O.Cc1ccc(N2CCC(C3CCN(c4cncc(Cl)n4)CC3)CC2)cc1. The van der Waals surface area contributed by atoms with E-state index in [0.29, 0.717) is 10.9 Å². The highest BCUT2D eigenvalue weighted by molar-refractivity contribution is 6.29. The third-order valence-electron chi connectivity index (χ3n) is 6.48. The largest absolute Gasteiger partial charge is 0.513 e. The van der Waals surface area contributed by atoms with Crippen LogP contribution in [0.15, 0.2) is 48.5 Å². The van der Waals surface area contributed by atoms with Crippen LogP contribution in [0.5, 0.6) is 0 Å². The number of benzene rings is 1. The summed E-state index contributed by atoms with van der Waals surface area (Å²) in [5.74, 6) is 3.01. The van der Waals surface area contributed by atoms with Gasteiger partial charge in [-0.2, -0.15) is 0 Å². The Kier molecular flexibility index (Phi) is 8.59. The summed E-state index contributed by atoms with van der Waals surface area (Å²) >= 11 is 5.98. The van der Waals surface area contributed by atoms with Gasteiger partial charge in [-0.15, -0.1) is 0 Å². The van der Waals surface area contributed by atoms with Crippen LogP contribution in [0.25, 0.3) is 0 Å². The maximum Gasteiger partial charge on any atom is 0.149 e. The second-order valence-corrected chi connectivity index (χ2v) is 9.00. The molecule has 6 heteroatoms. The van der Waals surface area contributed by atoms with Crippen molar-refractivity contribution in [2.75, 3.05) is 36.0 Å². The van der Waals surface area contributed by atoms with Crippen LogP contribution in [0, 0.1) is 18.8 Å². The number of hydrogen-bond donors (Lipinski definition) is 1. The third kappa shape index (κ3) is 6.86. The standard InChI is InChI=1S/C21H27ClN4.C4H8O/c1-16-2-4-19(5-3-16)25-10-6-17(7-11-25)18-8-12-26(13-9-18)21-15-23-14-20(22)24-21;1-3-4(2)5/h2-5,14-15,17-18H,6-13H2,1H3;3,5H,1-2H3/b;4-3+. The third-order valence-corrected chi connectivity index (χ3v) is 6.66. The molecule has 4 rings (SSSR count). The van der Waals surface area contributed by atoms with Crippen molar-refractivity contribution in [3.05, 3.63) is 59.2 Å². The van der Waals surface area contributed by atoms with E-state index in [9.17, 15) is 0 Å². The molecule has 0 radical (unpaired) electrons. The smallest absolute Gasteiger partial charge is 0.149 e. The number of aryl methyl sites for hydroxylation is 1. The molecule has 2 saturated heterocycles. The Bertz CT molecular complexity index is 835. The Morgan fingerprint density at radius 3 is 1.97 bits per heavy atom. The number of hydrogen-bond acceptors (Lipinski definition) is 5. The first-order valence-corrected chi connectivity index (χ1v) is 11.7. The Morgan fingerprint density at radius 1 is 0.968 bits per heavy atom. The zero-order chi connectivity index (χ0) is 22.2. The summed E-state index contributed by atoms with van der Waals surface area (Å²) in [6, 6.07) is 8.96. The number of nitrogens with zero attached hydrogens (tertiary/aromatic N) is 4. The first-order chi connectivity index (χ1) is 15.0. The van der Waals surface area contributed by atoms with E-state index in [2.05, 4.69) is 51.0 Å². The molecule has 0 amide bonds. The van der Waals surface area contributed by atoms with Crippen molar-refractivity contribution >= 4 is 23.1 Å². The molecule has 0 unspecified atom stereocenters. The fourth-order valence-electron chi connectivity index (χ4n) is 4.47. The van der Waals surface area contributed by atoms with Crippen LogP contribution in [-0.4, -0.2) is 41.3 Å². The lowest BCUT2D eigenvalue weighted by Crippen LogP contribution is -2.41. The van der Waals surface area contributed by atoms with E-state index >= 15 is 0 Å². The van der Waals surface area contributed by atoms with Crippen molar-refractivity contribution in [3.63, 3.8) is 0 Å². The van der Waals surface area contributed by atoms with Gasteiger partial charge in [-0.05, 0) is 70.4 Å². The first-order valence-electron chi connectivity index (χ1n) is 11.3. The van der Waals surface area contributed by atoms with Gasteiger partial charge < -0.3 is 14.9 Å². The number of aliphatic hydroxyl groups is 1. The molecule has 0 bridgehead atoms. The van der Waals surface area contributed by atoms with Gasteiger partial charge in [0.1, 0.15) is 11.0 Å². The van der Waals surface area contributed by atoms with Crippen molar-refractivity contribution in [1.29, 1.82) is 0 Å². The quantitative estimate of drug-likeness (QED) is 0.587. The van der Waals surface area contributed by atoms with Crippen molar-refractivity contribution in [3.8, 4) is 0 Å². The molecule has 0 saturated carbocycles. The Morgan fingerprint density at radius 2 is 1.48 bits per heavy atom. The molecular weight excluding hydrogens is 408 g/mol. The van der Waals surface area contributed by atoms with Crippen LogP contribution in [0.1, 0.15) is 45.1 Å². The van der Waals surface area contributed by atoms with Gasteiger partial charge in [-0.1, -0.05) is 35.4 Å². The van der Waals surface area contributed by atoms with E-state index in [1.54, 1.807) is 26.1 Å². The van der Waals surface area contributed by atoms with Gasteiger partial charge in [0.25, 0.3) is 0 Å². The Balaban J connectivity index is 0.000000491. The number of aliphatic hydroxyl groups excluding tert-OH is 1. The minimum atomic E-state index is 0.380.